The molecule has 0 radical (unpaired) electrons. The van der Waals surface area contributed by atoms with E-state index in [1.165, 1.54) is 0 Å². The third-order valence-electron chi connectivity index (χ3n) is 6.43. The number of nitrogens with zero attached hydrogens (tertiary/aromatic N) is 2. The highest BCUT2D eigenvalue weighted by Gasteiger charge is 2.23. The summed E-state index contributed by atoms with van der Waals surface area (Å²) in [5.41, 5.74) is 5.58. The molecule has 3 heterocycles. The quantitative estimate of drug-likeness (QED) is 0.484. The van der Waals surface area contributed by atoms with Crippen LogP contribution in [0.2, 0.25) is 0 Å². The van der Waals surface area contributed by atoms with E-state index in [9.17, 15) is 9.59 Å². The zero-order chi connectivity index (χ0) is 22.2. The van der Waals surface area contributed by atoms with Crippen molar-refractivity contribution in [3.63, 3.8) is 0 Å². The first-order valence-corrected chi connectivity index (χ1v) is 11.0. The summed E-state index contributed by atoms with van der Waals surface area (Å²) in [5.74, 6) is 0.372. The zero-order valence-electron chi connectivity index (χ0n) is 18.3. The summed E-state index contributed by atoms with van der Waals surface area (Å²) in [4.78, 5) is 34.3. The van der Waals surface area contributed by atoms with Gasteiger partial charge in [0.1, 0.15) is 0 Å². The van der Waals surface area contributed by atoms with Crippen LogP contribution >= 0.6 is 0 Å². The highest BCUT2D eigenvalue weighted by Crippen LogP contribution is 2.32. The first kappa shape index (κ1) is 20.2. The van der Waals surface area contributed by atoms with Gasteiger partial charge in [0.25, 0.3) is 5.91 Å². The number of carbonyl (C=O) groups excluding carboxylic acids is 2. The van der Waals surface area contributed by atoms with E-state index in [1.807, 2.05) is 60.5 Å². The number of fused-ring (bicyclic) bond motifs is 3. The van der Waals surface area contributed by atoms with Gasteiger partial charge in [-0.25, -0.2) is 0 Å². The van der Waals surface area contributed by atoms with Crippen LogP contribution in [0.4, 0.5) is 5.69 Å². The number of nitrogens with one attached hydrogen (secondary N) is 2. The van der Waals surface area contributed by atoms with Crippen LogP contribution in [0.3, 0.4) is 0 Å². The number of aryl methyl sites for hydroxylation is 1. The third kappa shape index (κ3) is 3.84. The fraction of sp³-hybridized carbons (Fsp3) is 0.269. The lowest BCUT2D eigenvalue weighted by atomic mass is 9.92. The molecule has 0 aliphatic carbocycles. The number of hydrogen-bond acceptors (Lipinski definition) is 3. The van der Waals surface area contributed by atoms with Crippen molar-refractivity contribution < 1.29 is 9.59 Å². The average Bonchev–Trinajstić information content (AvgIpc) is 3.17. The van der Waals surface area contributed by atoms with Crippen molar-refractivity contribution in [1.82, 2.24) is 14.9 Å². The number of piperidine rings is 1. The van der Waals surface area contributed by atoms with Crippen molar-refractivity contribution in [2.45, 2.75) is 32.6 Å². The molecule has 32 heavy (non-hydrogen) atoms. The molecule has 2 aromatic heterocycles. The molecule has 4 aromatic rings. The Morgan fingerprint density at radius 1 is 1.00 bits per heavy atom. The highest BCUT2D eigenvalue weighted by atomic mass is 16.2. The zero-order valence-corrected chi connectivity index (χ0v) is 18.3. The molecule has 2 aromatic carbocycles. The topological polar surface area (TPSA) is 78.1 Å². The SMILES string of the molecule is CC(=O)N1CCC(c2cc3c(cn2)[nH]c2ccc(NC(=O)c4ccc(C)cc4)cc23)CC1. The Kier molecular flexibility index (Phi) is 5.13. The predicted molar refractivity (Wildman–Crippen MR) is 127 cm³/mol. The minimum absolute atomic E-state index is 0.122. The summed E-state index contributed by atoms with van der Waals surface area (Å²) >= 11 is 0. The van der Waals surface area contributed by atoms with Crippen LogP contribution in [0.15, 0.2) is 54.7 Å². The second-order valence-electron chi connectivity index (χ2n) is 8.64. The van der Waals surface area contributed by atoms with Crippen LogP contribution in [0, 0.1) is 6.92 Å². The van der Waals surface area contributed by atoms with E-state index in [4.69, 9.17) is 4.98 Å². The van der Waals surface area contributed by atoms with Gasteiger partial charge < -0.3 is 15.2 Å². The van der Waals surface area contributed by atoms with E-state index in [0.29, 0.717) is 11.5 Å². The molecule has 162 valence electrons. The number of hydrogen-bond donors (Lipinski definition) is 2. The van der Waals surface area contributed by atoms with Crippen LogP contribution in [0.25, 0.3) is 21.8 Å². The Labute approximate surface area is 186 Å². The fourth-order valence-corrected chi connectivity index (χ4v) is 4.51. The van der Waals surface area contributed by atoms with E-state index >= 15 is 0 Å². The van der Waals surface area contributed by atoms with Gasteiger partial charge in [0.2, 0.25) is 5.91 Å². The standard InChI is InChI=1S/C26H26N4O2/c1-16-3-5-19(6-4-16)26(32)28-20-7-8-23-21(13-20)22-14-24(27-15-25(22)29-23)18-9-11-30(12-10-18)17(2)31/h3-8,13-15,18,29H,9-12H2,1-2H3,(H,28,32). The molecule has 6 heteroatoms. The number of aromatic amines is 1. The number of likely N-dealkylation sites (tertiary alicyclic amines) is 1. The van der Waals surface area contributed by atoms with Crippen LogP contribution in [-0.4, -0.2) is 39.8 Å². The van der Waals surface area contributed by atoms with E-state index in [2.05, 4.69) is 16.4 Å². The van der Waals surface area contributed by atoms with Crippen LogP contribution in [0.5, 0.6) is 0 Å². The van der Waals surface area contributed by atoms with Gasteiger partial charge >= 0.3 is 0 Å². The lowest BCUT2D eigenvalue weighted by Gasteiger charge is -2.31. The molecule has 1 aliphatic heterocycles. The molecule has 0 bridgehead atoms. The van der Waals surface area contributed by atoms with Gasteiger partial charge in [-0.15, -0.1) is 0 Å². The molecule has 6 nitrogen and oxygen atoms in total. The number of benzene rings is 2. The maximum absolute atomic E-state index is 12.6. The van der Waals surface area contributed by atoms with E-state index < -0.39 is 0 Å². The smallest absolute Gasteiger partial charge is 0.255 e. The predicted octanol–water partition coefficient (Wildman–Crippen LogP) is 5.00. The van der Waals surface area contributed by atoms with Crippen molar-refractivity contribution >= 4 is 39.3 Å². The molecule has 0 saturated carbocycles. The Morgan fingerprint density at radius 2 is 1.72 bits per heavy atom. The number of amides is 2. The average molecular weight is 427 g/mol. The van der Waals surface area contributed by atoms with Crippen LogP contribution in [-0.2, 0) is 4.79 Å². The molecule has 2 N–H and O–H groups in total. The minimum atomic E-state index is -0.122. The van der Waals surface area contributed by atoms with Crippen molar-refractivity contribution in [3.05, 3.63) is 71.5 Å². The molecule has 1 fully saturated rings. The molecule has 0 spiro atoms. The monoisotopic (exact) mass is 426 g/mol. The molecular formula is C26H26N4O2. The summed E-state index contributed by atoms with van der Waals surface area (Å²) < 4.78 is 0. The summed E-state index contributed by atoms with van der Waals surface area (Å²) in [6, 6.07) is 15.6. The number of rotatable bonds is 3. The summed E-state index contributed by atoms with van der Waals surface area (Å²) in [6.45, 7) is 5.19. The van der Waals surface area contributed by atoms with Crippen molar-refractivity contribution in [2.75, 3.05) is 18.4 Å². The van der Waals surface area contributed by atoms with Gasteiger partial charge in [-0.3, -0.25) is 14.6 Å². The van der Waals surface area contributed by atoms with Gasteiger partial charge in [-0.1, -0.05) is 17.7 Å². The molecule has 5 rings (SSSR count). The Morgan fingerprint density at radius 3 is 2.44 bits per heavy atom. The molecular weight excluding hydrogens is 400 g/mol. The normalized spacial score (nSPS) is 14.8. The molecule has 0 unspecified atom stereocenters. The maximum atomic E-state index is 12.6. The second-order valence-corrected chi connectivity index (χ2v) is 8.64. The van der Waals surface area contributed by atoms with Crippen molar-refractivity contribution in [2.24, 2.45) is 0 Å². The summed E-state index contributed by atoms with van der Waals surface area (Å²) in [5, 5.41) is 5.18. The number of pyridine rings is 1. The first-order valence-electron chi connectivity index (χ1n) is 11.0. The molecule has 2 amide bonds. The highest BCUT2D eigenvalue weighted by molar-refractivity contribution is 6.10. The Hall–Kier alpha value is -3.67. The number of carbonyl (C=O) groups is 2. The second kappa shape index (κ2) is 8.11. The van der Waals surface area contributed by atoms with Gasteiger partial charge in [-0.05, 0) is 56.2 Å². The number of aromatic nitrogens is 2. The van der Waals surface area contributed by atoms with E-state index in [1.54, 1.807) is 6.92 Å². The Bertz CT molecular complexity index is 1320. The number of anilines is 1. The van der Waals surface area contributed by atoms with Gasteiger partial charge in [0.05, 0.1) is 11.7 Å². The van der Waals surface area contributed by atoms with Crippen molar-refractivity contribution in [1.29, 1.82) is 0 Å². The Balaban J connectivity index is 1.42. The molecule has 0 atom stereocenters. The van der Waals surface area contributed by atoms with E-state index in [0.717, 1.165) is 64.7 Å². The summed E-state index contributed by atoms with van der Waals surface area (Å²) in [7, 11) is 0. The summed E-state index contributed by atoms with van der Waals surface area (Å²) in [6.07, 6.45) is 3.75. The molecule has 1 saturated heterocycles. The largest absolute Gasteiger partial charge is 0.353 e. The van der Waals surface area contributed by atoms with Gasteiger partial charge in [0, 0.05) is 59.2 Å². The van der Waals surface area contributed by atoms with Gasteiger partial charge in [0.15, 0.2) is 0 Å². The van der Waals surface area contributed by atoms with Crippen molar-refractivity contribution in [3.8, 4) is 0 Å². The minimum Gasteiger partial charge on any atom is -0.353 e. The number of H-pyrrole nitrogens is 1. The van der Waals surface area contributed by atoms with E-state index in [-0.39, 0.29) is 11.8 Å². The van der Waals surface area contributed by atoms with Crippen LogP contribution in [0.1, 0.15) is 47.3 Å². The first-order chi connectivity index (χ1) is 15.5. The maximum Gasteiger partial charge on any atom is 0.255 e. The third-order valence-corrected chi connectivity index (χ3v) is 6.43. The lowest BCUT2D eigenvalue weighted by Crippen LogP contribution is -2.36. The fourth-order valence-electron chi connectivity index (χ4n) is 4.51. The van der Waals surface area contributed by atoms with Gasteiger partial charge in [-0.2, -0.15) is 0 Å². The molecule has 1 aliphatic rings. The lowest BCUT2D eigenvalue weighted by molar-refractivity contribution is -0.129. The van der Waals surface area contributed by atoms with Crippen LogP contribution < -0.4 is 5.32 Å².